The van der Waals surface area contributed by atoms with E-state index in [1.54, 1.807) is 0 Å². The second kappa shape index (κ2) is 8.36. The molecule has 1 aromatic rings. The number of nitrogens with zero attached hydrogens (tertiary/aromatic N) is 1. The van der Waals surface area contributed by atoms with Gasteiger partial charge in [-0.05, 0) is 45.6 Å². The third-order valence-corrected chi connectivity index (χ3v) is 5.12. The number of hydrogen-bond acceptors (Lipinski definition) is 3. The maximum Gasteiger partial charge on any atom is 0.340 e. The van der Waals surface area contributed by atoms with Crippen LogP contribution in [0.3, 0.4) is 0 Å². The van der Waals surface area contributed by atoms with Gasteiger partial charge in [0.05, 0.1) is 12.2 Å². The highest BCUT2D eigenvalue weighted by atomic mass is 16.5. The zero-order valence-corrected chi connectivity index (χ0v) is 15.4. The molecule has 134 valence electrons. The van der Waals surface area contributed by atoms with E-state index in [2.05, 4.69) is 5.32 Å². The molecule has 1 fully saturated rings. The van der Waals surface area contributed by atoms with Crippen molar-refractivity contribution in [2.45, 2.75) is 71.8 Å². The summed E-state index contributed by atoms with van der Waals surface area (Å²) < 4.78 is 7.16. The summed E-state index contributed by atoms with van der Waals surface area (Å²) in [6, 6.07) is 0.345. The maximum absolute atomic E-state index is 12.2. The maximum atomic E-state index is 12.2. The first-order valence-corrected chi connectivity index (χ1v) is 9.06. The van der Waals surface area contributed by atoms with Gasteiger partial charge in [0.25, 0.3) is 0 Å². The van der Waals surface area contributed by atoms with Crippen LogP contribution in [-0.4, -0.2) is 29.1 Å². The molecule has 2 rings (SSSR count). The van der Waals surface area contributed by atoms with Crippen LogP contribution >= 0.6 is 0 Å². The SMILES string of the molecule is CCOC(=O)c1c(C)c(CCC(=O)NC2CCCCC2)n(C)c1C. The number of carbonyl (C=O) groups excluding carboxylic acids is 2. The molecule has 1 aromatic heterocycles. The smallest absolute Gasteiger partial charge is 0.340 e. The van der Waals surface area contributed by atoms with Gasteiger partial charge in [0.15, 0.2) is 0 Å². The molecule has 0 radical (unpaired) electrons. The van der Waals surface area contributed by atoms with Gasteiger partial charge in [0.2, 0.25) is 5.91 Å². The van der Waals surface area contributed by atoms with E-state index in [0.29, 0.717) is 31.1 Å². The number of rotatable bonds is 6. The van der Waals surface area contributed by atoms with Crippen molar-refractivity contribution in [2.24, 2.45) is 7.05 Å². The number of carbonyl (C=O) groups is 2. The quantitative estimate of drug-likeness (QED) is 0.813. The molecule has 1 aliphatic rings. The van der Waals surface area contributed by atoms with Gasteiger partial charge in [-0.25, -0.2) is 4.79 Å². The van der Waals surface area contributed by atoms with E-state index in [-0.39, 0.29) is 11.9 Å². The Morgan fingerprint density at radius 3 is 2.50 bits per heavy atom. The van der Waals surface area contributed by atoms with Gasteiger partial charge < -0.3 is 14.6 Å². The van der Waals surface area contributed by atoms with Crippen molar-refractivity contribution in [2.75, 3.05) is 6.61 Å². The number of nitrogens with one attached hydrogen (secondary N) is 1. The Bertz CT molecular complexity index is 598. The van der Waals surface area contributed by atoms with E-state index in [0.717, 1.165) is 29.8 Å². The lowest BCUT2D eigenvalue weighted by Crippen LogP contribution is -2.36. The number of amides is 1. The predicted molar refractivity (Wildman–Crippen MR) is 94.2 cm³/mol. The zero-order valence-electron chi connectivity index (χ0n) is 15.4. The first kappa shape index (κ1) is 18.6. The molecule has 0 aromatic carbocycles. The normalized spacial score (nSPS) is 15.3. The standard InChI is InChI=1S/C19H30N2O3/c1-5-24-19(23)18-13(2)16(21(4)14(18)3)11-12-17(22)20-15-9-7-6-8-10-15/h15H,5-12H2,1-4H3,(H,20,22). The van der Waals surface area contributed by atoms with E-state index in [4.69, 9.17) is 4.74 Å². The number of ether oxygens (including phenoxy) is 1. The lowest BCUT2D eigenvalue weighted by atomic mass is 9.95. The van der Waals surface area contributed by atoms with E-state index < -0.39 is 0 Å². The van der Waals surface area contributed by atoms with Crippen molar-refractivity contribution >= 4 is 11.9 Å². The first-order valence-electron chi connectivity index (χ1n) is 9.06. The Morgan fingerprint density at radius 1 is 1.21 bits per heavy atom. The minimum Gasteiger partial charge on any atom is -0.462 e. The summed E-state index contributed by atoms with van der Waals surface area (Å²) in [7, 11) is 1.94. The van der Waals surface area contributed by atoms with Gasteiger partial charge in [-0.15, -0.1) is 0 Å². The summed E-state index contributed by atoms with van der Waals surface area (Å²) in [5.41, 5.74) is 3.50. The molecule has 0 unspecified atom stereocenters. The fourth-order valence-electron chi connectivity index (χ4n) is 3.68. The molecule has 0 spiro atoms. The summed E-state index contributed by atoms with van der Waals surface area (Å²) in [6.07, 6.45) is 7.00. The van der Waals surface area contributed by atoms with Crippen LogP contribution in [0.5, 0.6) is 0 Å². The van der Waals surface area contributed by atoms with Crippen LogP contribution in [0.4, 0.5) is 0 Å². The lowest BCUT2D eigenvalue weighted by Gasteiger charge is -2.22. The summed E-state index contributed by atoms with van der Waals surface area (Å²) in [4.78, 5) is 24.4. The highest BCUT2D eigenvalue weighted by Gasteiger charge is 2.22. The second-order valence-electron chi connectivity index (χ2n) is 6.71. The fraction of sp³-hybridized carbons (Fsp3) is 0.684. The Kier molecular flexibility index (Phi) is 6.46. The van der Waals surface area contributed by atoms with Gasteiger partial charge in [-0.2, -0.15) is 0 Å². The minimum atomic E-state index is -0.277. The van der Waals surface area contributed by atoms with Gasteiger partial charge >= 0.3 is 5.97 Å². The highest BCUT2D eigenvalue weighted by Crippen LogP contribution is 2.23. The second-order valence-corrected chi connectivity index (χ2v) is 6.71. The molecule has 1 N–H and O–H groups in total. The molecule has 5 heteroatoms. The van der Waals surface area contributed by atoms with E-state index >= 15 is 0 Å². The molecule has 1 aliphatic carbocycles. The van der Waals surface area contributed by atoms with E-state index in [1.165, 1.54) is 19.3 Å². The third kappa shape index (κ3) is 4.19. The monoisotopic (exact) mass is 334 g/mol. The van der Waals surface area contributed by atoms with E-state index in [9.17, 15) is 9.59 Å². The third-order valence-electron chi connectivity index (χ3n) is 5.12. The summed E-state index contributed by atoms with van der Waals surface area (Å²) in [5.74, 6) is -0.168. The van der Waals surface area contributed by atoms with Crippen LogP contribution in [0.15, 0.2) is 0 Å². The Labute approximate surface area is 144 Å². The topological polar surface area (TPSA) is 60.3 Å². The first-order chi connectivity index (χ1) is 11.5. The average Bonchev–Trinajstić information content (AvgIpc) is 2.76. The van der Waals surface area contributed by atoms with Crippen molar-refractivity contribution < 1.29 is 14.3 Å². The Morgan fingerprint density at radius 2 is 1.88 bits per heavy atom. The number of esters is 1. The summed E-state index contributed by atoms with van der Waals surface area (Å²) in [6.45, 7) is 6.03. The van der Waals surface area contributed by atoms with Crippen molar-refractivity contribution in [3.63, 3.8) is 0 Å². The molecule has 1 amide bonds. The fourth-order valence-corrected chi connectivity index (χ4v) is 3.68. The molecule has 0 bridgehead atoms. The molecular weight excluding hydrogens is 304 g/mol. The van der Waals surface area contributed by atoms with Crippen molar-refractivity contribution in [3.8, 4) is 0 Å². The molecule has 5 nitrogen and oxygen atoms in total. The molecule has 1 heterocycles. The predicted octanol–water partition coefficient (Wildman–Crippen LogP) is 3.20. The zero-order chi connectivity index (χ0) is 17.7. The Balaban J connectivity index is 2.00. The van der Waals surface area contributed by atoms with Crippen LogP contribution in [-0.2, 0) is 23.0 Å². The average molecular weight is 334 g/mol. The van der Waals surface area contributed by atoms with E-state index in [1.807, 2.05) is 32.4 Å². The largest absolute Gasteiger partial charge is 0.462 e. The summed E-state index contributed by atoms with van der Waals surface area (Å²) in [5, 5.41) is 3.15. The number of hydrogen-bond donors (Lipinski definition) is 1. The minimum absolute atomic E-state index is 0.109. The van der Waals surface area contributed by atoms with Gasteiger partial charge in [0, 0.05) is 30.9 Å². The van der Waals surface area contributed by atoms with Crippen molar-refractivity contribution in [1.82, 2.24) is 9.88 Å². The van der Waals surface area contributed by atoms with Crippen LogP contribution in [0.1, 0.15) is 72.8 Å². The molecule has 0 atom stereocenters. The lowest BCUT2D eigenvalue weighted by molar-refractivity contribution is -0.122. The van der Waals surface area contributed by atoms with Crippen molar-refractivity contribution in [3.05, 3.63) is 22.5 Å². The molecular formula is C19H30N2O3. The highest BCUT2D eigenvalue weighted by molar-refractivity contribution is 5.93. The molecule has 24 heavy (non-hydrogen) atoms. The van der Waals surface area contributed by atoms with Crippen LogP contribution in [0.2, 0.25) is 0 Å². The number of aromatic nitrogens is 1. The Hall–Kier alpha value is -1.78. The van der Waals surface area contributed by atoms with Crippen LogP contribution in [0, 0.1) is 13.8 Å². The van der Waals surface area contributed by atoms with Crippen LogP contribution < -0.4 is 5.32 Å². The van der Waals surface area contributed by atoms with Crippen molar-refractivity contribution in [1.29, 1.82) is 0 Å². The van der Waals surface area contributed by atoms with Crippen LogP contribution in [0.25, 0.3) is 0 Å². The van der Waals surface area contributed by atoms with Gasteiger partial charge in [0.1, 0.15) is 0 Å². The molecule has 1 saturated carbocycles. The summed E-state index contributed by atoms with van der Waals surface area (Å²) >= 11 is 0. The molecule has 0 aliphatic heterocycles. The van der Waals surface area contributed by atoms with Gasteiger partial charge in [-0.3, -0.25) is 4.79 Å². The van der Waals surface area contributed by atoms with Gasteiger partial charge in [-0.1, -0.05) is 19.3 Å². The molecule has 0 saturated heterocycles.